The summed E-state index contributed by atoms with van der Waals surface area (Å²) in [5, 5.41) is 13.7. The van der Waals surface area contributed by atoms with Gasteiger partial charge in [0.2, 0.25) is 0 Å². The Morgan fingerprint density at radius 2 is 2.04 bits per heavy atom. The van der Waals surface area contributed by atoms with Gasteiger partial charge in [-0.05, 0) is 45.4 Å². The van der Waals surface area contributed by atoms with Crippen molar-refractivity contribution in [2.24, 2.45) is 0 Å². The topological polar surface area (TPSA) is 90.9 Å². The molecule has 0 saturated carbocycles. The van der Waals surface area contributed by atoms with Crippen LogP contribution in [0.25, 0.3) is 11.4 Å². The van der Waals surface area contributed by atoms with E-state index in [0.29, 0.717) is 17.9 Å². The van der Waals surface area contributed by atoms with Gasteiger partial charge in [0, 0.05) is 29.9 Å². The highest BCUT2D eigenvalue weighted by molar-refractivity contribution is 6.31. The van der Waals surface area contributed by atoms with Gasteiger partial charge in [0.05, 0.1) is 11.3 Å². The fourth-order valence-electron chi connectivity index (χ4n) is 3.10. The molecule has 1 unspecified atom stereocenters. The van der Waals surface area contributed by atoms with Gasteiger partial charge in [0.25, 0.3) is 5.56 Å². The summed E-state index contributed by atoms with van der Waals surface area (Å²) in [5.41, 5.74) is 0.197. The lowest BCUT2D eigenvalue weighted by molar-refractivity contribution is 0.0242. The lowest BCUT2D eigenvalue weighted by Crippen LogP contribution is -2.50. The summed E-state index contributed by atoms with van der Waals surface area (Å²) in [7, 11) is 0. The van der Waals surface area contributed by atoms with Crippen molar-refractivity contribution < 1.29 is 5.11 Å². The number of hydrogen-bond acceptors (Lipinski definition) is 5. The molecule has 2 aromatic rings. The highest BCUT2D eigenvalue weighted by Crippen LogP contribution is 2.33. The van der Waals surface area contributed by atoms with Crippen LogP contribution >= 0.6 is 11.6 Å². The van der Waals surface area contributed by atoms with E-state index in [9.17, 15) is 9.90 Å². The largest absolute Gasteiger partial charge is 0.389 e. The quantitative estimate of drug-likeness (QED) is 0.790. The number of aromatic amines is 1. The summed E-state index contributed by atoms with van der Waals surface area (Å²) < 4.78 is 0. The molecular weight excluding hydrogens is 328 g/mol. The maximum Gasteiger partial charge on any atom is 0.270 e. The molecule has 2 atom stereocenters. The predicted octanol–water partition coefficient (Wildman–Crippen LogP) is 2.09. The minimum atomic E-state index is -0.847. The van der Waals surface area contributed by atoms with Gasteiger partial charge in [-0.25, -0.2) is 4.98 Å². The van der Waals surface area contributed by atoms with Gasteiger partial charge in [0.15, 0.2) is 0 Å². The lowest BCUT2D eigenvalue weighted by atomic mass is 9.83. The Bertz CT molecular complexity index is 770. The second kappa shape index (κ2) is 6.63. The SMILES string of the molecule is CC(C)(O)[C@@H]1CC(c2nc(-c3ccncc3)[nH]c(=O)c2Cl)CCN1. The van der Waals surface area contributed by atoms with Crippen molar-refractivity contribution in [3.05, 3.63) is 45.6 Å². The number of halogens is 1. The zero-order chi connectivity index (χ0) is 17.3. The Kier molecular flexibility index (Phi) is 4.71. The number of piperidine rings is 1. The van der Waals surface area contributed by atoms with E-state index in [4.69, 9.17) is 11.6 Å². The van der Waals surface area contributed by atoms with Crippen molar-refractivity contribution in [3.63, 3.8) is 0 Å². The zero-order valence-electron chi connectivity index (χ0n) is 13.7. The molecule has 3 rings (SSSR count). The van der Waals surface area contributed by atoms with Crippen LogP contribution in [0.2, 0.25) is 5.02 Å². The van der Waals surface area contributed by atoms with Gasteiger partial charge in [-0.1, -0.05) is 11.6 Å². The average molecular weight is 349 g/mol. The minimum absolute atomic E-state index is 0.0260. The molecule has 0 aliphatic carbocycles. The first-order chi connectivity index (χ1) is 11.4. The minimum Gasteiger partial charge on any atom is -0.389 e. The Morgan fingerprint density at radius 3 is 2.71 bits per heavy atom. The molecule has 0 bridgehead atoms. The fourth-order valence-corrected chi connectivity index (χ4v) is 3.34. The van der Waals surface area contributed by atoms with Gasteiger partial charge >= 0.3 is 0 Å². The van der Waals surface area contributed by atoms with Crippen LogP contribution in [-0.2, 0) is 0 Å². The number of rotatable bonds is 3. The Balaban J connectivity index is 1.98. The van der Waals surface area contributed by atoms with E-state index in [1.165, 1.54) is 0 Å². The predicted molar refractivity (Wildman–Crippen MR) is 93.2 cm³/mol. The highest BCUT2D eigenvalue weighted by Gasteiger charge is 2.34. The maximum atomic E-state index is 12.2. The first-order valence-electron chi connectivity index (χ1n) is 8.02. The van der Waals surface area contributed by atoms with Crippen molar-refractivity contribution in [2.75, 3.05) is 6.54 Å². The smallest absolute Gasteiger partial charge is 0.270 e. The third kappa shape index (κ3) is 3.50. The third-order valence-corrected chi connectivity index (χ3v) is 4.85. The number of nitrogens with zero attached hydrogens (tertiary/aromatic N) is 2. The molecule has 0 amide bonds. The van der Waals surface area contributed by atoms with E-state index >= 15 is 0 Å². The van der Waals surface area contributed by atoms with Gasteiger partial charge in [-0.2, -0.15) is 0 Å². The number of H-pyrrole nitrogens is 1. The van der Waals surface area contributed by atoms with E-state index in [-0.39, 0.29) is 22.5 Å². The average Bonchev–Trinajstić information content (AvgIpc) is 2.57. The van der Waals surface area contributed by atoms with Crippen LogP contribution in [0.4, 0.5) is 0 Å². The van der Waals surface area contributed by atoms with Crippen molar-refractivity contribution in [1.29, 1.82) is 0 Å². The molecule has 0 aromatic carbocycles. The number of aromatic nitrogens is 3. The maximum absolute atomic E-state index is 12.2. The van der Waals surface area contributed by atoms with Crippen molar-refractivity contribution in [2.45, 2.75) is 44.2 Å². The van der Waals surface area contributed by atoms with E-state index < -0.39 is 5.60 Å². The highest BCUT2D eigenvalue weighted by atomic mass is 35.5. The standard InChI is InChI=1S/C17H21ClN4O2/c1-17(2,24)12-9-11(5-8-20-12)14-13(18)16(23)22-15(21-14)10-3-6-19-7-4-10/h3-4,6-7,11-12,20,24H,5,8-9H2,1-2H3,(H,21,22,23)/t11?,12-/m0/s1. The van der Waals surface area contributed by atoms with Crippen LogP contribution in [0, 0.1) is 0 Å². The molecule has 2 aromatic heterocycles. The molecule has 3 N–H and O–H groups in total. The molecule has 1 aliphatic rings. The zero-order valence-corrected chi connectivity index (χ0v) is 14.5. The van der Waals surface area contributed by atoms with Gasteiger partial charge in [-0.15, -0.1) is 0 Å². The second-order valence-electron chi connectivity index (χ2n) is 6.73. The molecule has 6 nitrogen and oxygen atoms in total. The van der Waals surface area contributed by atoms with Gasteiger partial charge in [0.1, 0.15) is 10.8 Å². The third-order valence-electron chi connectivity index (χ3n) is 4.49. The molecular formula is C17H21ClN4O2. The number of hydrogen-bond donors (Lipinski definition) is 3. The van der Waals surface area contributed by atoms with E-state index in [1.54, 1.807) is 38.4 Å². The second-order valence-corrected chi connectivity index (χ2v) is 7.11. The molecule has 24 heavy (non-hydrogen) atoms. The fraction of sp³-hybridized carbons (Fsp3) is 0.471. The van der Waals surface area contributed by atoms with Crippen molar-refractivity contribution in [1.82, 2.24) is 20.3 Å². The molecule has 1 aliphatic heterocycles. The van der Waals surface area contributed by atoms with Crippen LogP contribution in [-0.4, -0.2) is 38.2 Å². The molecule has 3 heterocycles. The summed E-state index contributed by atoms with van der Waals surface area (Å²) in [6, 6.07) is 3.51. The summed E-state index contributed by atoms with van der Waals surface area (Å²) in [5.74, 6) is 0.512. The molecule has 7 heteroatoms. The summed E-state index contributed by atoms with van der Waals surface area (Å²) in [6.45, 7) is 4.30. The van der Waals surface area contributed by atoms with Crippen LogP contribution < -0.4 is 10.9 Å². The van der Waals surface area contributed by atoms with Crippen molar-refractivity contribution in [3.8, 4) is 11.4 Å². The monoisotopic (exact) mass is 348 g/mol. The van der Waals surface area contributed by atoms with Crippen LogP contribution in [0.5, 0.6) is 0 Å². The van der Waals surface area contributed by atoms with E-state index in [2.05, 4.69) is 20.3 Å². The van der Waals surface area contributed by atoms with Gasteiger partial charge in [-0.3, -0.25) is 9.78 Å². The van der Waals surface area contributed by atoms with Crippen LogP contribution in [0.15, 0.2) is 29.3 Å². The summed E-state index contributed by atoms with van der Waals surface area (Å²) in [6.07, 6.45) is 4.80. The summed E-state index contributed by atoms with van der Waals surface area (Å²) >= 11 is 6.25. The van der Waals surface area contributed by atoms with E-state index in [1.807, 2.05) is 0 Å². The molecule has 0 spiro atoms. The molecule has 1 saturated heterocycles. The first kappa shape index (κ1) is 17.1. The van der Waals surface area contributed by atoms with E-state index in [0.717, 1.165) is 18.5 Å². The number of nitrogens with one attached hydrogen (secondary N) is 2. The van der Waals surface area contributed by atoms with Crippen LogP contribution in [0.1, 0.15) is 38.3 Å². The number of pyridine rings is 1. The lowest BCUT2D eigenvalue weighted by Gasteiger charge is -2.37. The number of aliphatic hydroxyl groups is 1. The Labute approximate surface area is 145 Å². The first-order valence-corrected chi connectivity index (χ1v) is 8.40. The van der Waals surface area contributed by atoms with Crippen LogP contribution in [0.3, 0.4) is 0 Å². The van der Waals surface area contributed by atoms with Gasteiger partial charge < -0.3 is 15.4 Å². The molecule has 0 radical (unpaired) electrons. The normalized spacial score (nSPS) is 21.7. The van der Waals surface area contributed by atoms with Crippen molar-refractivity contribution >= 4 is 11.6 Å². The molecule has 1 fully saturated rings. The Hall–Kier alpha value is -1.76. The molecule has 128 valence electrons. The summed E-state index contributed by atoms with van der Waals surface area (Å²) in [4.78, 5) is 23.6. The Morgan fingerprint density at radius 1 is 1.33 bits per heavy atom.